The average Bonchev–Trinajstić information content (AvgIpc) is 2.36. The van der Waals surface area contributed by atoms with Crippen molar-refractivity contribution in [2.45, 2.75) is 32.4 Å². The van der Waals surface area contributed by atoms with E-state index < -0.39 is 6.10 Å². The monoisotopic (exact) mass is 267 g/mol. The fourth-order valence-electron chi connectivity index (χ4n) is 1.86. The van der Waals surface area contributed by atoms with E-state index in [1.54, 1.807) is 32.2 Å². The Kier molecular flexibility index (Phi) is 5.63. The molecule has 0 aliphatic heterocycles. The molecule has 1 aromatic carbocycles. The maximum atomic E-state index is 12.1. The van der Waals surface area contributed by atoms with Crippen molar-refractivity contribution < 1.29 is 19.4 Å². The van der Waals surface area contributed by atoms with Gasteiger partial charge in [-0.05, 0) is 32.4 Å². The molecule has 2 atom stereocenters. The fourth-order valence-corrected chi connectivity index (χ4v) is 1.86. The van der Waals surface area contributed by atoms with Gasteiger partial charge in [0, 0.05) is 12.1 Å². The zero-order valence-electron chi connectivity index (χ0n) is 11.8. The highest BCUT2D eigenvalue weighted by molar-refractivity contribution is 5.97. The van der Waals surface area contributed by atoms with E-state index in [-0.39, 0.29) is 11.9 Å². The topological polar surface area (TPSA) is 67.8 Å². The average molecular weight is 267 g/mol. The summed E-state index contributed by atoms with van der Waals surface area (Å²) in [6.45, 7) is 3.54. The molecule has 0 bridgehead atoms. The number of carbonyl (C=O) groups excluding carboxylic acids is 1. The third-order valence-electron chi connectivity index (χ3n) is 2.73. The predicted molar refractivity (Wildman–Crippen MR) is 72.8 cm³/mol. The molecule has 0 saturated heterocycles. The van der Waals surface area contributed by atoms with E-state index >= 15 is 0 Å². The van der Waals surface area contributed by atoms with Crippen molar-refractivity contribution in [3.8, 4) is 11.5 Å². The van der Waals surface area contributed by atoms with Crippen molar-refractivity contribution in [2.75, 3.05) is 14.2 Å². The van der Waals surface area contributed by atoms with Crippen molar-refractivity contribution in [2.24, 2.45) is 0 Å². The standard InChI is InChI=1S/C14H21NO4/c1-9(7-10(2)16)15-14(17)12-6-5-11(18-3)8-13(12)19-4/h5-6,8-10,16H,7H2,1-4H3,(H,15,17). The number of rotatable bonds is 6. The third-order valence-corrected chi connectivity index (χ3v) is 2.73. The van der Waals surface area contributed by atoms with E-state index in [2.05, 4.69) is 5.32 Å². The molecule has 0 aromatic heterocycles. The smallest absolute Gasteiger partial charge is 0.255 e. The second-order valence-corrected chi connectivity index (χ2v) is 4.53. The Morgan fingerprint density at radius 3 is 2.53 bits per heavy atom. The van der Waals surface area contributed by atoms with Crippen molar-refractivity contribution in [1.82, 2.24) is 5.32 Å². The van der Waals surface area contributed by atoms with Gasteiger partial charge >= 0.3 is 0 Å². The van der Waals surface area contributed by atoms with Crippen LogP contribution in [-0.2, 0) is 0 Å². The summed E-state index contributed by atoms with van der Waals surface area (Å²) in [6, 6.07) is 4.91. The molecule has 0 radical (unpaired) electrons. The van der Waals surface area contributed by atoms with Gasteiger partial charge in [-0.15, -0.1) is 0 Å². The first kappa shape index (κ1) is 15.3. The molecule has 2 unspecified atom stereocenters. The molecule has 19 heavy (non-hydrogen) atoms. The molecule has 1 rings (SSSR count). The largest absolute Gasteiger partial charge is 0.497 e. The normalized spacial score (nSPS) is 13.5. The summed E-state index contributed by atoms with van der Waals surface area (Å²) < 4.78 is 10.3. The van der Waals surface area contributed by atoms with E-state index in [1.165, 1.54) is 7.11 Å². The minimum atomic E-state index is -0.451. The van der Waals surface area contributed by atoms with Crippen LogP contribution >= 0.6 is 0 Å². The van der Waals surface area contributed by atoms with Crippen LogP contribution in [0.1, 0.15) is 30.6 Å². The number of benzene rings is 1. The third kappa shape index (κ3) is 4.44. The van der Waals surface area contributed by atoms with Crippen molar-refractivity contribution in [3.05, 3.63) is 23.8 Å². The number of aliphatic hydroxyl groups is 1. The number of nitrogens with one attached hydrogen (secondary N) is 1. The van der Waals surface area contributed by atoms with Gasteiger partial charge in [0.1, 0.15) is 11.5 Å². The minimum Gasteiger partial charge on any atom is -0.497 e. The van der Waals surface area contributed by atoms with Crippen LogP contribution in [0.15, 0.2) is 18.2 Å². The van der Waals surface area contributed by atoms with Crippen LogP contribution in [-0.4, -0.2) is 37.4 Å². The van der Waals surface area contributed by atoms with Gasteiger partial charge in [-0.2, -0.15) is 0 Å². The first-order chi connectivity index (χ1) is 8.97. The van der Waals surface area contributed by atoms with E-state index in [4.69, 9.17) is 9.47 Å². The van der Waals surface area contributed by atoms with Gasteiger partial charge in [0.25, 0.3) is 5.91 Å². The lowest BCUT2D eigenvalue weighted by Crippen LogP contribution is -2.34. The van der Waals surface area contributed by atoms with Gasteiger partial charge in [0.05, 0.1) is 25.9 Å². The molecule has 1 aromatic rings. The Hall–Kier alpha value is -1.75. The fraction of sp³-hybridized carbons (Fsp3) is 0.500. The van der Waals surface area contributed by atoms with Gasteiger partial charge in [-0.25, -0.2) is 0 Å². The number of aliphatic hydroxyl groups excluding tert-OH is 1. The Morgan fingerprint density at radius 1 is 1.32 bits per heavy atom. The molecular formula is C14H21NO4. The van der Waals surface area contributed by atoms with Crippen molar-refractivity contribution >= 4 is 5.91 Å². The van der Waals surface area contributed by atoms with E-state index in [0.29, 0.717) is 23.5 Å². The van der Waals surface area contributed by atoms with Gasteiger partial charge in [-0.3, -0.25) is 4.79 Å². The SMILES string of the molecule is COc1ccc(C(=O)NC(C)CC(C)O)c(OC)c1. The summed E-state index contributed by atoms with van der Waals surface area (Å²) in [5.41, 5.74) is 0.445. The highest BCUT2D eigenvalue weighted by Gasteiger charge is 2.16. The molecule has 0 spiro atoms. The Bertz CT molecular complexity index is 431. The summed E-state index contributed by atoms with van der Waals surface area (Å²) in [5.74, 6) is 0.860. The predicted octanol–water partition coefficient (Wildman–Crippen LogP) is 1.59. The van der Waals surface area contributed by atoms with Crippen LogP contribution in [0.5, 0.6) is 11.5 Å². The van der Waals surface area contributed by atoms with Crippen molar-refractivity contribution in [3.63, 3.8) is 0 Å². The maximum absolute atomic E-state index is 12.1. The Balaban J connectivity index is 2.81. The van der Waals surface area contributed by atoms with Crippen LogP contribution in [0, 0.1) is 0 Å². The first-order valence-electron chi connectivity index (χ1n) is 6.18. The van der Waals surface area contributed by atoms with Crippen LogP contribution in [0.2, 0.25) is 0 Å². The molecule has 0 aliphatic rings. The molecule has 0 fully saturated rings. The number of amides is 1. The minimum absolute atomic E-state index is 0.112. The van der Waals surface area contributed by atoms with E-state index in [1.807, 2.05) is 6.92 Å². The van der Waals surface area contributed by atoms with Gasteiger partial charge in [0.15, 0.2) is 0 Å². The Labute approximate surface area is 113 Å². The maximum Gasteiger partial charge on any atom is 0.255 e. The van der Waals surface area contributed by atoms with Crippen LogP contribution in [0.25, 0.3) is 0 Å². The van der Waals surface area contributed by atoms with Gasteiger partial charge in [-0.1, -0.05) is 0 Å². The van der Waals surface area contributed by atoms with Crippen LogP contribution in [0.3, 0.4) is 0 Å². The second-order valence-electron chi connectivity index (χ2n) is 4.53. The van der Waals surface area contributed by atoms with Gasteiger partial charge in [0.2, 0.25) is 0 Å². The lowest BCUT2D eigenvalue weighted by molar-refractivity contribution is 0.0920. The lowest BCUT2D eigenvalue weighted by atomic mass is 10.1. The lowest BCUT2D eigenvalue weighted by Gasteiger charge is -2.16. The Morgan fingerprint density at radius 2 is 2.00 bits per heavy atom. The van der Waals surface area contributed by atoms with Crippen LogP contribution < -0.4 is 14.8 Å². The zero-order chi connectivity index (χ0) is 14.4. The number of methoxy groups -OCH3 is 2. The summed E-state index contributed by atoms with van der Waals surface area (Å²) in [7, 11) is 3.06. The molecular weight excluding hydrogens is 246 g/mol. The highest BCUT2D eigenvalue weighted by Crippen LogP contribution is 2.24. The first-order valence-corrected chi connectivity index (χ1v) is 6.18. The molecule has 0 aliphatic carbocycles. The summed E-state index contributed by atoms with van der Waals surface area (Å²) in [4.78, 5) is 12.1. The van der Waals surface area contributed by atoms with Crippen molar-refractivity contribution in [1.29, 1.82) is 0 Å². The molecule has 1 amide bonds. The second kappa shape index (κ2) is 6.99. The van der Waals surface area contributed by atoms with E-state index in [0.717, 1.165) is 0 Å². The van der Waals surface area contributed by atoms with E-state index in [9.17, 15) is 9.90 Å². The summed E-state index contributed by atoms with van der Waals surface area (Å²) in [5, 5.41) is 12.1. The molecule has 2 N–H and O–H groups in total. The number of ether oxygens (including phenoxy) is 2. The van der Waals surface area contributed by atoms with Gasteiger partial charge < -0.3 is 19.9 Å². The molecule has 5 nitrogen and oxygen atoms in total. The quantitative estimate of drug-likeness (QED) is 0.821. The number of hydrogen-bond acceptors (Lipinski definition) is 4. The zero-order valence-corrected chi connectivity index (χ0v) is 11.8. The summed E-state index contributed by atoms with van der Waals surface area (Å²) in [6.07, 6.45) is 0.0533. The number of carbonyl (C=O) groups is 1. The molecule has 5 heteroatoms. The molecule has 0 saturated carbocycles. The van der Waals surface area contributed by atoms with Crippen LogP contribution in [0.4, 0.5) is 0 Å². The highest BCUT2D eigenvalue weighted by atomic mass is 16.5. The summed E-state index contributed by atoms with van der Waals surface area (Å²) >= 11 is 0. The molecule has 106 valence electrons. The molecule has 0 heterocycles. The number of hydrogen-bond donors (Lipinski definition) is 2.